The smallest absolute Gasteiger partial charge is 0.324 e. The van der Waals surface area contributed by atoms with Crippen LogP contribution in [-0.4, -0.2) is 53.3 Å². The van der Waals surface area contributed by atoms with Crippen LogP contribution < -0.4 is 5.32 Å². The number of imide groups is 1. The molecule has 2 saturated heterocycles. The largest absolute Gasteiger partial charge is 0.334 e. The second-order valence-electron chi connectivity index (χ2n) is 4.77. The molecule has 0 radical (unpaired) electrons. The van der Waals surface area contributed by atoms with E-state index in [0.717, 1.165) is 4.90 Å². The molecule has 0 unspecified atom stereocenters. The monoisotopic (exact) mass is 277 g/mol. The fourth-order valence-corrected chi connectivity index (χ4v) is 2.39. The number of hydrogen-bond acceptors (Lipinski definition) is 3. The first-order valence-corrected chi connectivity index (χ1v) is 6.21. The molecule has 6 nitrogen and oxygen atoms in total. The van der Waals surface area contributed by atoms with Gasteiger partial charge in [0.1, 0.15) is 5.82 Å². The lowest BCUT2D eigenvalue weighted by Gasteiger charge is -2.42. The van der Waals surface area contributed by atoms with Crippen molar-refractivity contribution in [2.75, 3.05) is 19.6 Å². The number of hydrogen-bond donors (Lipinski definition) is 1. The minimum Gasteiger partial charge on any atom is -0.334 e. The Balaban J connectivity index is 1.66. The standard InChI is InChI=1S/C13H12FN3O3/c14-10-4-2-1-3-9(10)12(19)16-6-8(7-16)17-11(18)5-15-13(17)20/h1-4,8H,5-7H2,(H,15,20). The van der Waals surface area contributed by atoms with Crippen molar-refractivity contribution < 1.29 is 18.8 Å². The molecular formula is C13H12FN3O3. The van der Waals surface area contributed by atoms with Crippen LogP contribution in [0.25, 0.3) is 0 Å². The molecule has 1 aromatic carbocycles. The van der Waals surface area contributed by atoms with E-state index >= 15 is 0 Å². The molecule has 3 rings (SSSR count). The maximum atomic E-state index is 13.5. The summed E-state index contributed by atoms with van der Waals surface area (Å²) in [7, 11) is 0. The first kappa shape index (κ1) is 12.6. The normalized spacial score (nSPS) is 19.1. The number of rotatable bonds is 2. The molecule has 20 heavy (non-hydrogen) atoms. The van der Waals surface area contributed by atoms with Crippen LogP contribution in [0.1, 0.15) is 10.4 Å². The van der Waals surface area contributed by atoms with Crippen LogP contribution in [0.2, 0.25) is 0 Å². The van der Waals surface area contributed by atoms with Crippen molar-refractivity contribution in [2.45, 2.75) is 6.04 Å². The summed E-state index contributed by atoms with van der Waals surface area (Å²) < 4.78 is 13.5. The van der Waals surface area contributed by atoms with E-state index in [0.29, 0.717) is 0 Å². The number of nitrogens with zero attached hydrogens (tertiary/aromatic N) is 2. The van der Waals surface area contributed by atoms with Gasteiger partial charge in [0.2, 0.25) is 5.91 Å². The summed E-state index contributed by atoms with van der Waals surface area (Å²) in [5.41, 5.74) is 0.00292. The molecule has 0 aliphatic carbocycles. The third-order valence-corrected chi connectivity index (χ3v) is 3.50. The van der Waals surface area contributed by atoms with E-state index in [2.05, 4.69) is 5.32 Å². The van der Waals surface area contributed by atoms with E-state index in [1.54, 1.807) is 6.07 Å². The second kappa shape index (κ2) is 4.59. The van der Waals surface area contributed by atoms with Crippen LogP contribution >= 0.6 is 0 Å². The fraction of sp³-hybridized carbons (Fsp3) is 0.308. The van der Waals surface area contributed by atoms with Crippen molar-refractivity contribution in [3.8, 4) is 0 Å². The highest BCUT2D eigenvalue weighted by Crippen LogP contribution is 2.21. The van der Waals surface area contributed by atoms with Gasteiger partial charge in [-0.2, -0.15) is 0 Å². The molecule has 4 amide bonds. The van der Waals surface area contributed by atoms with Gasteiger partial charge in [0, 0.05) is 13.1 Å². The summed E-state index contributed by atoms with van der Waals surface area (Å²) in [6.45, 7) is 0.481. The van der Waals surface area contributed by atoms with Gasteiger partial charge in [-0.25, -0.2) is 9.18 Å². The zero-order valence-corrected chi connectivity index (χ0v) is 10.5. The number of likely N-dealkylation sites (tertiary alicyclic amines) is 1. The lowest BCUT2D eigenvalue weighted by atomic mass is 10.0. The molecule has 2 aliphatic heterocycles. The summed E-state index contributed by atoms with van der Waals surface area (Å²) >= 11 is 0. The molecule has 2 heterocycles. The highest BCUT2D eigenvalue weighted by atomic mass is 19.1. The molecule has 104 valence electrons. The Morgan fingerprint density at radius 1 is 1.25 bits per heavy atom. The van der Waals surface area contributed by atoms with E-state index in [1.807, 2.05) is 0 Å². The lowest BCUT2D eigenvalue weighted by molar-refractivity contribution is -0.128. The van der Waals surface area contributed by atoms with Crippen LogP contribution in [0.3, 0.4) is 0 Å². The number of carbonyl (C=O) groups excluding carboxylic acids is 3. The summed E-state index contributed by atoms with van der Waals surface area (Å²) in [5, 5.41) is 2.43. The highest BCUT2D eigenvalue weighted by Gasteiger charge is 2.43. The second-order valence-corrected chi connectivity index (χ2v) is 4.77. The summed E-state index contributed by atoms with van der Waals surface area (Å²) in [5.74, 6) is -1.29. The number of urea groups is 1. The maximum Gasteiger partial charge on any atom is 0.324 e. The Hall–Kier alpha value is -2.44. The third-order valence-electron chi connectivity index (χ3n) is 3.50. The van der Waals surface area contributed by atoms with Crippen molar-refractivity contribution >= 4 is 17.8 Å². The Bertz CT molecular complexity index is 582. The fourth-order valence-electron chi connectivity index (χ4n) is 2.39. The molecule has 1 aromatic rings. The molecule has 7 heteroatoms. The highest BCUT2D eigenvalue weighted by molar-refractivity contribution is 6.03. The lowest BCUT2D eigenvalue weighted by Crippen LogP contribution is -2.62. The van der Waals surface area contributed by atoms with E-state index in [4.69, 9.17) is 0 Å². The first-order chi connectivity index (χ1) is 9.58. The number of nitrogens with one attached hydrogen (secondary N) is 1. The van der Waals surface area contributed by atoms with Crippen molar-refractivity contribution in [1.29, 1.82) is 0 Å². The molecule has 1 N–H and O–H groups in total. The van der Waals surface area contributed by atoms with Gasteiger partial charge >= 0.3 is 6.03 Å². The van der Waals surface area contributed by atoms with Crippen molar-refractivity contribution in [3.05, 3.63) is 35.6 Å². The van der Waals surface area contributed by atoms with Crippen LogP contribution in [0.5, 0.6) is 0 Å². The van der Waals surface area contributed by atoms with Crippen molar-refractivity contribution in [3.63, 3.8) is 0 Å². The minimum atomic E-state index is -0.573. The summed E-state index contributed by atoms with van der Waals surface area (Å²) in [6.07, 6.45) is 0. The Labute approximate surface area is 114 Å². The van der Waals surface area contributed by atoms with Gasteiger partial charge < -0.3 is 10.2 Å². The number of benzene rings is 1. The SMILES string of the molecule is O=C(c1ccccc1F)N1CC(N2C(=O)CNC2=O)C1. The Kier molecular flexibility index (Phi) is 2.89. The number of halogens is 1. The van der Waals surface area contributed by atoms with Gasteiger partial charge in [0.15, 0.2) is 0 Å². The van der Waals surface area contributed by atoms with Crippen LogP contribution in [0.15, 0.2) is 24.3 Å². The Morgan fingerprint density at radius 2 is 1.95 bits per heavy atom. The van der Waals surface area contributed by atoms with Gasteiger partial charge in [-0.05, 0) is 12.1 Å². The molecular weight excluding hydrogens is 265 g/mol. The predicted octanol–water partition coefficient (Wildman–Crippen LogP) is 0.202. The summed E-state index contributed by atoms with van der Waals surface area (Å²) in [4.78, 5) is 37.6. The first-order valence-electron chi connectivity index (χ1n) is 6.21. The number of carbonyl (C=O) groups is 3. The zero-order chi connectivity index (χ0) is 14.3. The van der Waals surface area contributed by atoms with Gasteiger partial charge in [-0.3, -0.25) is 14.5 Å². The van der Waals surface area contributed by atoms with Crippen LogP contribution in [0, 0.1) is 5.82 Å². The molecule has 0 spiro atoms. The molecule has 2 aliphatic rings. The Morgan fingerprint density at radius 3 is 2.55 bits per heavy atom. The van der Waals surface area contributed by atoms with E-state index in [9.17, 15) is 18.8 Å². The quantitative estimate of drug-likeness (QED) is 0.785. The van der Waals surface area contributed by atoms with Crippen molar-refractivity contribution in [1.82, 2.24) is 15.1 Å². The number of amides is 4. The van der Waals surface area contributed by atoms with Gasteiger partial charge in [0.25, 0.3) is 5.91 Å². The predicted molar refractivity (Wildman–Crippen MR) is 66.3 cm³/mol. The van der Waals surface area contributed by atoms with Gasteiger partial charge in [-0.1, -0.05) is 12.1 Å². The molecule has 0 saturated carbocycles. The molecule has 0 aromatic heterocycles. The molecule has 2 fully saturated rings. The maximum absolute atomic E-state index is 13.5. The molecule has 0 bridgehead atoms. The zero-order valence-electron chi connectivity index (χ0n) is 10.5. The molecule has 0 atom stereocenters. The van der Waals surface area contributed by atoms with E-state index in [1.165, 1.54) is 23.1 Å². The van der Waals surface area contributed by atoms with Crippen LogP contribution in [0.4, 0.5) is 9.18 Å². The van der Waals surface area contributed by atoms with Gasteiger partial charge in [0.05, 0.1) is 18.2 Å². The van der Waals surface area contributed by atoms with E-state index < -0.39 is 17.8 Å². The van der Waals surface area contributed by atoms with Crippen molar-refractivity contribution in [2.24, 2.45) is 0 Å². The minimum absolute atomic E-state index is 0.00292. The summed E-state index contributed by atoms with van der Waals surface area (Å²) in [6, 6.07) is 4.99. The third kappa shape index (κ3) is 1.91. The average molecular weight is 277 g/mol. The van der Waals surface area contributed by atoms with Gasteiger partial charge in [-0.15, -0.1) is 0 Å². The van der Waals surface area contributed by atoms with E-state index in [-0.39, 0.29) is 37.1 Å². The average Bonchev–Trinajstić information content (AvgIpc) is 2.69. The topological polar surface area (TPSA) is 69.7 Å². The van der Waals surface area contributed by atoms with Crippen LogP contribution in [-0.2, 0) is 4.79 Å².